The first-order chi connectivity index (χ1) is 9.52. The molecule has 20 heavy (non-hydrogen) atoms. The van der Waals surface area contributed by atoms with Gasteiger partial charge in [0, 0.05) is 17.0 Å². The van der Waals surface area contributed by atoms with E-state index >= 15 is 0 Å². The first kappa shape index (κ1) is 16.5. The molecule has 0 aliphatic heterocycles. The lowest BCUT2D eigenvalue weighted by Gasteiger charge is -2.10. The van der Waals surface area contributed by atoms with E-state index in [1.54, 1.807) is 18.2 Å². The minimum absolute atomic E-state index is 0.00447. The highest BCUT2D eigenvalue weighted by Crippen LogP contribution is 2.20. The standard InChI is InChI=1S/C15H18ClNO3/c1-11(2)20-10-15(19)17-14-9-13(16)7-6-12(14)5-3-4-8-18/h6-7,9,11,18H,4,8,10H2,1-2H3,(H,17,19). The van der Waals surface area contributed by atoms with Crippen molar-refractivity contribution in [3.63, 3.8) is 0 Å². The molecule has 0 saturated heterocycles. The summed E-state index contributed by atoms with van der Waals surface area (Å²) in [6.45, 7) is 3.70. The molecule has 0 heterocycles. The number of rotatable bonds is 5. The Balaban J connectivity index is 2.79. The van der Waals surface area contributed by atoms with Crippen LogP contribution in [0.15, 0.2) is 18.2 Å². The third kappa shape index (κ3) is 6.07. The van der Waals surface area contributed by atoms with Gasteiger partial charge in [0.1, 0.15) is 6.61 Å². The van der Waals surface area contributed by atoms with Crippen LogP contribution in [0.5, 0.6) is 0 Å². The molecule has 0 atom stereocenters. The zero-order valence-corrected chi connectivity index (χ0v) is 12.3. The van der Waals surface area contributed by atoms with Gasteiger partial charge in [-0.2, -0.15) is 0 Å². The molecule has 1 rings (SSSR count). The van der Waals surface area contributed by atoms with Gasteiger partial charge in [-0.3, -0.25) is 4.79 Å². The van der Waals surface area contributed by atoms with E-state index in [2.05, 4.69) is 17.2 Å². The Labute approximate surface area is 124 Å². The first-order valence-electron chi connectivity index (χ1n) is 6.33. The largest absolute Gasteiger partial charge is 0.395 e. The van der Waals surface area contributed by atoms with Gasteiger partial charge in [-0.25, -0.2) is 0 Å². The number of carbonyl (C=O) groups is 1. The van der Waals surface area contributed by atoms with Crippen molar-refractivity contribution in [1.82, 2.24) is 0 Å². The second-order valence-electron chi connectivity index (χ2n) is 4.37. The second-order valence-corrected chi connectivity index (χ2v) is 4.81. The Kier molecular flexibility index (Phi) is 7.10. The number of anilines is 1. The number of benzene rings is 1. The van der Waals surface area contributed by atoms with Crippen LogP contribution in [0.2, 0.25) is 5.02 Å². The summed E-state index contributed by atoms with van der Waals surface area (Å²) in [4.78, 5) is 11.7. The molecule has 0 saturated carbocycles. The minimum Gasteiger partial charge on any atom is -0.395 e. The number of carbonyl (C=O) groups excluding carboxylic acids is 1. The second kappa shape index (κ2) is 8.60. The molecule has 1 aromatic rings. The van der Waals surface area contributed by atoms with Crippen LogP contribution in [0, 0.1) is 11.8 Å². The molecule has 1 aromatic carbocycles. The summed E-state index contributed by atoms with van der Waals surface area (Å²) in [5.74, 6) is 5.44. The number of nitrogens with one attached hydrogen (secondary N) is 1. The summed E-state index contributed by atoms with van der Waals surface area (Å²) in [5, 5.41) is 11.9. The minimum atomic E-state index is -0.258. The smallest absolute Gasteiger partial charge is 0.250 e. The Morgan fingerprint density at radius 1 is 1.50 bits per heavy atom. The maximum atomic E-state index is 11.7. The van der Waals surface area contributed by atoms with Gasteiger partial charge in [0.15, 0.2) is 0 Å². The molecular formula is C15H18ClNO3. The molecule has 108 valence electrons. The number of amides is 1. The Morgan fingerprint density at radius 3 is 2.90 bits per heavy atom. The van der Waals surface area contributed by atoms with Crippen molar-refractivity contribution in [3.8, 4) is 11.8 Å². The topological polar surface area (TPSA) is 58.6 Å². The molecule has 0 aromatic heterocycles. The molecule has 0 unspecified atom stereocenters. The Bertz CT molecular complexity index is 518. The van der Waals surface area contributed by atoms with Gasteiger partial charge >= 0.3 is 0 Å². The summed E-state index contributed by atoms with van der Waals surface area (Å²) < 4.78 is 5.23. The number of halogens is 1. The number of hydrogen-bond donors (Lipinski definition) is 2. The molecule has 2 N–H and O–H groups in total. The van der Waals surface area contributed by atoms with Crippen molar-refractivity contribution < 1.29 is 14.6 Å². The van der Waals surface area contributed by atoms with Crippen LogP contribution in [0.25, 0.3) is 0 Å². The highest BCUT2D eigenvalue weighted by molar-refractivity contribution is 6.31. The lowest BCUT2D eigenvalue weighted by Crippen LogP contribution is -2.21. The van der Waals surface area contributed by atoms with E-state index in [1.807, 2.05) is 13.8 Å². The monoisotopic (exact) mass is 295 g/mol. The fraction of sp³-hybridized carbons (Fsp3) is 0.400. The quantitative estimate of drug-likeness (QED) is 0.820. The molecule has 0 aliphatic carbocycles. The molecule has 0 fully saturated rings. The van der Waals surface area contributed by atoms with Crippen molar-refractivity contribution in [2.45, 2.75) is 26.4 Å². The highest BCUT2D eigenvalue weighted by atomic mass is 35.5. The molecular weight excluding hydrogens is 278 g/mol. The van der Waals surface area contributed by atoms with Gasteiger partial charge < -0.3 is 15.2 Å². The van der Waals surface area contributed by atoms with Gasteiger partial charge in [-0.15, -0.1) is 0 Å². The molecule has 0 aliphatic rings. The van der Waals surface area contributed by atoms with Crippen LogP contribution in [-0.2, 0) is 9.53 Å². The number of hydrogen-bond acceptors (Lipinski definition) is 3. The normalized spacial score (nSPS) is 10.1. The van der Waals surface area contributed by atoms with Gasteiger partial charge in [0.25, 0.3) is 0 Å². The Hall–Kier alpha value is -1.54. The molecule has 5 heteroatoms. The molecule has 0 spiro atoms. The van der Waals surface area contributed by atoms with Crippen molar-refractivity contribution in [1.29, 1.82) is 0 Å². The van der Waals surface area contributed by atoms with Crippen molar-refractivity contribution in [2.24, 2.45) is 0 Å². The van der Waals surface area contributed by atoms with Crippen LogP contribution in [0.3, 0.4) is 0 Å². The zero-order chi connectivity index (χ0) is 15.0. The number of aliphatic hydroxyl groups excluding tert-OH is 1. The summed E-state index contributed by atoms with van der Waals surface area (Å²) in [7, 11) is 0. The maximum Gasteiger partial charge on any atom is 0.250 e. The summed E-state index contributed by atoms with van der Waals surface area (Å²) in [6, 6.07) is 5.06. The van der Waals surface area contributed by atoms with Crippen molar-refractivity contribution in [2.75, 3.05) is 18.5 Å². The van der Waals surface area contributed by atoms with Gasteiger partial charge in [0.05, 0.1) is 18.4 Å². The van der Waals surface area contributed by atoms with Crippen molar-refractivity contribution >= 4 is 23.2 Å². The maximum absolute atomic E-state index is 11.7. The number of aliphatic hydroxyl groups is 1. The first-order valence-corrected chi connectivity index (χ1v) is 6.71. The van der Waals surface area contributed by atoms with E-state index in [1.165, 1.54) is 0 Å². The van der Waals surface area contributed by atoms with Crippen molar-refractivity contribution in [3.05, 3.63) is 28.8 Å². The molecule has 4 nitrogen and oxygen atoms in total. The van der Waals surface area contributed by atoms with Crippen LogP contribution in [0.4, 0.5) is 5.69 Å². The van der Waals surface area contributed by atoms with E-state index < -0.39 is 0 Å². The predicted molar refractivity (Wildman–Crippen MR) is 79.8 cm³/mol. The van der Waals surface area contributed by atoms with Gasteiger partial charge in [-0.05, 0) is 32.0 Å². The predicted octanol–water partition coefficient (Wildman–Crippen LogP) is 2.44. The van der Waals surface area contributed by atoms with E-state index in [0.29, 0.717) is 22.7 Å². The van der Waals surface area contributed by atoms with E-state index in [4.69, 9.17) is 21.4 Å². The fourth-order valence-corrected chi connectivity index (χ4v) is 1.54. The Morgan fingerprint density at radius 2 is 2.25 bits per heavy atom. The fourth-order valence-electron chi connectivity index (χ4n) is 1.37. The highest BCUT2D eigenvalue weighted by Gasteiger charge is 2.07. The molecule has 0 bridgehead atoms. The number of ether oxygens (including phenoxy) is 1. The van der Waals surface area contributed by atoms with Crippen LogP contribution in [0.1, 0.15) is 25.8 Å². The van der Waals surface area contributed by atoms with E-state index in [0.717, 1.165) is 0 Å². The average Bonchev–Trinajstić information content (AvgIpc) is 2.39. The van der Waals surface area contributed by atoms with Crippen LogP contribution < -0.4 is 5.32 Å². The molecule has 0 radical (unpaired) electrons. The van der Waals surface area contributed by atoms with Gasteiger partial charge in [-0.1, -0.05) is 23.4 Å². The van der Waals surface area contributed by atoms with Crippen LogP contribution >= 0.6 is 11.6 Å². The third-order valence-electron chi connectivity index (χ3n) is 2.26. The summed E-state index contributed by atoms with van der Waals surface area (Å²) in [6.07, 6.45) is 0.371. The van der Waals surface area contributed by atoms with E-state index in [9.17, 15) is 4.79 Å². The SMILES string of the molecule is CC(C)OCC(=O)Nc1cc(Cl)ccc1C#CCCO. The summed E-state index contributed by atoms with van der Waals surface area (Å²) in [5.41, 5.74) is 1.20. The van der Waals surface area contributed by atoms with E-state index in [-0.39, 0.29) is 25.2 Å². The molecule has 1 amide bonds. The van der Waals surface area contributed by atoms with Crippen LogP contribution in [-0.4, -0.2) is 30.3 Å². The van der Waals surface area contributed by atoms with Gasteiger partial charge in [0.2, 0.25) is 5.91 Å². The summed E-state index contributed by atoms with van der Waals surface area (Å²) >= 11 is 5.92. The lowest BCUT2D eigenvalue weighted by atomic mass is 10.1. The lowest BCUT2D eigenvalue weighted by molar-refractivity contribution is -0.121. The zero-order valence-electron chi connectivity index (χ0n) is 11.6. The average molecular weight is 296 g/mol. The third-order valence-corrected chi connectivity index (χ3v) is 2.50.